The van der Waals surface area contributed by atoms with Gasteiger partial charge in [0.25, 0.3) is 0 Å². The maximum atomic E-state index is 12.1. The van der Waals surface area contributed by atoms with Crippen LogP contribution in [-0.2, 0) is 9.59 Å². The van der Waals surface area contributed by atoms with Crippen molar-refractivity contribution in [2.75, 3.05) is 25.5 Å². The molecule has 0 atom stereocenters. The number of aryl methyl sites for hydroxylation is 2. The van der Waals surface area contributed by atoms with Gasteiger partial charge in [0.1, 0.15) is 0 Å². The van der Waals surface area contributed by atoms with E-state index >= 15 is 0 Å². The van der Waals surface area contributed by atoms with Crippen LogP contribution in [0, 0.1) is 13.8 Å². The van der Waals surface area contributed by atoms with Crippen molar-refractivity contribution in [3.8, 4) is 0 Å². The minimum Gasteiger partial charge on any atom is -0.376 e. The van der Waals surface area contributed by atoms with Gasteiger partial charge in [-0.15, -0.1) is 0 Å². The van der Waals surface area contributed by atoms with E-state index in [2.05, 4.69) is 16.7 Å². The molecule has 0 saturated carbocycles. The fourth-order valence-corrected chi connectivity index (χ4v) is 2.08. The first kappa shape index (κ1) is 18.0. The summed E-state index contributed by atoms with van der Waals surface area (Å²) < 4.78 is 0. The summed E-state index contributed by atoms with van der Waals surface area (Å²) in [6.45, 7) is 10.00. The Bertz CT molecular complexity index is 547. The molecule has 0 bridgehead atoms. The van der Waals surface area contributed by atoms with Gasteiger partial charge < -0.3 is 15.5 Å². The molecule has 122 valence electrons. The number of rotatable bonds is 5. The lowest BCUT2D eigenvalue weighted by atomic mass is 10.1. The van der Waals surface area contributed by atoms with Gasteiger partial charge in [-0.25, -0.2) is 0 Å². The molecule has 5 heteroatoms. The highest BCUT2D eigenvalue weighted by atomic mass is 16.2. The Hall–Kier alpha value is -2.04. The molecular weight excluding hydrogens is 278 g/mol. The van der Waals surface area contributed by atoms with Crippen molar-refractivity contribution in [3.63, 3.8) is 0 Å². The van der Waals surface area contributed by atoms with E-state index in [9.17, 15) is 9.59 Å². The summed E-state index contributed by atoms with van der Waals surface area (Å²) in [7, 11) is 1.63. The Kier molecular flexibility index (Phi) is 5.97. The minimum absolute atomic E-state index is 0.0602. The van der Waals surface area contributed by atoms with E-state index in [1.807, 2.05) is 46.8 Å². The zero-order valence-electron chi connectivity index (χ0n) is 14.4. The topological polar surface area (TPSA) is 61.4 Å². The molecule has 22 heavy (non-hydrogen) atoms. The van der Waals surface area contributed by atoms with Crippen LogP contribution in [0.4, 0.5) is 5.69 Å². The van der Waals surface area contributed by atoms with Gasteiger partial charge in [-0.2, -0.15) is 0 Å². The van der Waals surface area contributed by atoms with Crippen LogP contribution < -0.4 is 10.6 Å². The zero-order valence-corrected chi connectivity index (χ0v) is 14.4. The number of carbonyl (C=O) groups excluding carboxylic acids is 2. The number of amides is 2. The molecule has 0 saturated heterocycles. The standard InChI is InChI=1S/C17H27N3O2/c1-12-7-8-14(13(2)9-12)18-10-16(22)20(6)11-15(21)19-17(3,4)5/h7-9,18H,10-11H2,1-6H3,(H,19,21). The fraction of sp³-hybridized carbons (Fsp3) is 0.529. The molecule has 2 N–H and O–H groups in total. The fourth-order valence-electron chi connectivity index (χ4n) is 2.08. The summed E-state index contributed by atoms with van der Waals surface area (Å²) >= 11 is 0. The number of nitrogens with zero attached hydrogens (tertiary/aromatic N) is 1. The van der Waals surface area contributed by atoms with Gasteiger partial charge in [0.05, 0.1) is 13.1 Å². The molecule has 0 heterocycles. The van der Waals surface area contributed by atoms with Crippen LogP contribution in [0.1, 0.15) is 31.9 Å². The van der Waals surface area contributed by atoms with Gasteiger partial charge in [0.15, 0.2) is 0 Å². The van der Waals surface area contributed by atoms with E-state index in [-0.39, 0.29) is 30.4 Å². The van der Waals surface area contributed by atoms with Crippen molar-refractivity contribution >= 4 is 17.5 Å². The number of nitrogens with one attached hydrogen (secondary N) is 2. The summed E-state index contributed by atoms with van der Waals surface area (Å²) in [5.41, 5.74) is 2.93. The molecule has 0 aliphatic rings. The number of hydrogen-bond acceptors (Lipinski definition) is 3. The monoisotopic (exact) mass is 305 g/mol. The summed E-state index contributed by atoms with van der Waals surface area (Å²) in [6, 6.07) is 6.03. The van der Waals surface area contributed by atoms with Crippen molar-refractivity contribution in [1.82, 2.24) is 10.2 Å². The molecule has 1 aromatic carbocycles. The molecule has 0 aliphatic carbocycles. The highest BCUT2D eigenvalue weighted by Gasteiger charge is 2.17. The van der Waals surface area contributed by atoms with Crippen molar-refractivity contribution in [3.05, 3.63) is 29.3 Å². The van der Waals surface area contributed by atoms with E-state index in [0.29, 0.717) is 0 Å². The van der Waals surface area contributed by atoms with Crippen LogP contribution in [0.5, 0.6) is 0 Å². The van der Waals surface area contributed by atoms with Gasteiger partial charge in [-0.3, -0.25) is 9.59 Å². The molecule has 0 unspecified atom stereocenters. The summed E-state index contributed by atoms with van der Waals surface area (Å²) in [4.78, 5) is 25.3. The van der Waals surface area contributed by atoms with Crippen molar-refractivity contribution in [1.29, 1.82) is 0 Å². The first-order valence-electron chi connectivity index (χ1n) is 7.44. The van der Waals surface area contributed by atoms with Crippen LogP contribution in [0.15, 0.2) is 18.2 Å². The molecule has 1 rings (SSSR count). The van der Waals surface area contributed by atoms with Gasteiger partial charge in [-0.05, 0) is 46.2 Å². The van der Waals surface area contributed by atoms with Crippen molar-refractivity contribution < 1.29 is 9.59 Å². The Morgan fingerprint density at radius 1 is 1.18 bits per heavy atom. The third-order valence-electron chi connectivity index (χ3n) is 3.13. The van der Waals surface area contributed by atoms with Crippen molar-refractivity contribution in [2.45, 2.75) is 40.2 Å². The number of likely N-dealkylation sites (N-methyl/N-ethyl adjacent to an activating group) is 1. The van der Waals surface area contributed by atoms with Crippen LogP contribution in [0.25, 0.3) is 0 Å². The number of hydrogen-bond donors (Lipinski definition) is 2. The molecule has 5 nitrogen and oxygen atoms in total. The predicted octanol–water partition coefficient (Wildman–Crippen LogP) is 2.09. The highest BCUT2D eigenvalue weighted by molar-refractivity contribution is 5.87. The second kappa shape index (κ2) is 7.29. The van der Waals surface area contributed by atoms with E-state index in [4.69, 9.17) is 0 Å². The molecular formula is C17H27N3O2. The van der Waals surface area contributed by atoms with Gasteiger partial charge in [0, 0.05) is 18.3 Å². The quantitative estimate of drug-likeness (QED) is 0.875. The van der Waals surface area contributed by atoms with E-state index in [1.165, 1.54) is 10.5 Å². The summed E-state index contributed by atoms with van der Waals surface area (Å²) in [5, 5.41) is 5.96. The van der Waals surface area contributed by atoms with E-state index in [0.717, 1.165) is 11.3 Å². The average Bonchev–Trinajstić information content (AvgIpc) is 2.34. The lowest BCUT2D eigenvalue weighted by molar-refractivity contribution is -0.133. The number of benzene rings is 1. The van der Waals surface area contributed by atoms with Gasteiger partial charge >= 0.3 is 0 Å². The summed E-state index contributed by atoms with van der Waals surface area (Å²) in [6.07, 6.45) is 0. The Morgan fingerprint density at radius 3 is 2.36 bits per heavy atom. The normalized spacial score (nSPS) is 11.0. The van der Waals surface area contributed by atoms with Crippen LogP contribution in [0.2, 0.25) is 0 Å². The third-order valence-corrected chi connectivity index (χ3v) is 3.13. The average molecular weight is 305 g/mol. The maximum Gasteiger partial charge on any atom is 0.242 e. The predicted molar refractivity (Wildman–Crippen MR) is 89.9 cm³/mol. The largest absolute Gasteiger partial charge is 0.376 e. The molecule has 0 radical (unpaired) electrons. The highest BCUT2D eigenvalue weighted by Crippen LogP contribution is 2.15. The third kappa shape index (κ3) is 6.16. The molecule has 1 aromatic rings. The maximum absolute atomic E-state index is 12.1. The molecule has 0 aromatic heterocycles. The van der Waals surface area contributed by atoms with Gasteiger partial charge in [0.2, 0.25) is 11.8 Å². The Balaban J connectivity index is 2.49. The van der Waals surface area contributed by atoms with Gasteiger partial charge in [-0.1, -0.05) is 17.7 Å². The zero-order chi connectivity index (χ0) is 16.9. The molecule has 0 aliphatic heterocycles. The Labute approximate surface area is 133 Å². The lowest BCUT2D eigenvalue weighted by Crippen LogP contribution is -2.47. The van der Waals surface area contributed by atoms with E-state index < -0.39 is 0 Å². The second-order valence-corrected chi connectivity index (χ2v) is 6.72. The van der Waals surface area contributed by atoms with Crippen LogP contribution in [0.3, 0.4) is 0 Å². The van der Waals surface area contributed by atoms with Crippen LogP contribution >= 0.6 is 0 Å². The molecule has 0 fully saturated rings. The SMILES string of the molecule is Cc1ccc(NCC(=O)N(C)CC(=O)NC(C)(C)C)c(C)c1. The lowest BCUT2D eigenvalue weighted by Gasteiger charge is -2.23. The second-order valence-electron chi connectivity index (χ2n) is 6.72. The smallest absolute Gasteiger partial charge is 0.242 e. The summed E-state index contributed by atoms with van der Waals surface area (Å²) in [5.74, 6) is -0.279. The molecule has 2 amide bonds. The number of anilines is 1. The molecule has 0 spiro atoms. The number of carbonyl (C=O) groups is 2. The first-order chi connectivity index (χ1) is 10.1. The first-order valence-corrected chi connectivity index (χ1v) is 7.44. The van der Waals surface area contributed by atoms with Crippen molar-refractivity contribution in [2.24, 2.45) is 0 Å². The van der Waals surface area contributed by atoms with E-state index in [1.54, 1.807) is 7.05 Å². The minimum atomic E-state index is -0.293. The Morgan fingerprint density at radius 2 is 1.82 bits per heavy atom. The van der Waals surface area contributed by atoms with Crippen LogP contribution in [-0.4, -0.2) is 42.4 Å².